The first-order chi connectivity index (χ1) is 24.3. The standard InChI is InChI=1S/C36H23Cl2F3N6O4/c1-18-14-30(49)34(36(51)43-26-10-4-8-23(37)31(26)40)44-46(18)27-13-12-21(17-25(27)39)20-6-3-7-22(16-20)42-35(50)33-29(48)15-19(2)47(45-33)28-11-5-9-24(38)32(28)41/h3-17H,1-2H3,(H,42,50)(H,43,51). The third-order valence-corrected chi connectivity index (χ3v) is 8.22. The van der Waals surface area contributed by atoms with Gasteiger partial charge in [0, 0.05) is 29.2 Å². The maximum Gasteiger partial charge on any atom is 0.280 e. The van der Waals surface area contributed by atoms with E-state index in [-0.39, 0.29) is 44.2 Å². The fraction of sp³-hybridized carbons (Fsp3) is 0.0556. The van der Waals surface area contributed by atoms with Crippen LogP contribution in [-0.2, 0) is 0 Å². The van der Waals surface area contributed by atoms with Crippen LogP contribution in [0, 0.1) is 31.3 Å². The number of amides is 2. The first kappa shape index (κ1) is 34.8. The summed E-state index contributed by atoms with van der Waals surface area (Å²) in [6, 6.07) is 20.9. The van der Waals surface area contributed by atoms with Crippen LogP contribution >= 0.6 is 23.2 Å². The molecule has 0 bridgehead atoms. The summed E-state index contributed by atoms with van der Waals surface area (Å²) in [4.78, 5) is 51.5. The molecule has 0 atom stereocenters. The summed E-state index contributed by atoms with van der Waals surface area (Å²) in [5.74, 6) is -4.34. The van der Waals surface area contributed by atoms with E-state index in [1.165, 1.54) is 68.4 Å². The Kier molecular flexibility index (Phi) is 9.59. The zero-order valence-electron chi connectivity index (χ0n) is 26.5. The molecule has 6 aromatic rings. The van der Waals surface area contributed by atoms with Crippen molar-refractivity contribution >= 4 is 46.4 Å². The molecule has 2 amide bonds. The van der Waals surface area contributed by atoms with Gasteiger partial charge in [0.05, 0.1) is 15.7 Å². The summed E-state index contributed by atoms with van der Waals surface area (Å²) in [5, 5.41) is 12.6. The van der Waals surface area contributed by atoms with Gasteiger partial charge in [-0.15, -0.1) is 0 Å². The Morgan fingerprint density at radius 2 is 1.18 bits per heavy atom. The van der Waals surface area contributed by atoms with E-state index in [1.807, 2.05) is 0 Å². The molecule has 0 aliphatic rings. The summed E-state index contributed by atoms with van der Waals surface area (Å²) in [6.07, 6.45) is 0. The minimum absolute atomic E-state index is 0.0542. The van der Waals surface area contributed by atoms with Gasteiger partial charge in [0.1, 0.15) is 17.2 Å². The van der Waals surface area contributed by atoms with Crippen molar-refractivity contribution in [2.45, 2.75) is 13.8 Å². The summed E-state index contributed by atoms with van der Waals surface area (Å²) in [5.41, 5.74) is -1.41. The highest BCUT2D eigenvalue weighted by Gasteiger charge is 2.21. The van der Waals surface area contributed by atoms with Crippen LogP contribution in [0.25, 0.3) is 22.5 Å². The van der Waals surface area contributed by atoms with E-state index in [9.17, 15) is 28.0 Å². The number of hydrogen-bond acceptors (Lipinski definition) is 6. The smallest absolute Gasteiger partial charge is 0.280 e. The van der Waals surface area contributed by atoms with Crippen LogP contribution < -0.4 is 21.5 Å². The van der Waals surface area contributed by atoms with E-state index in [1.54, 1.807) is 24.3 Å². The second kappa shape index (κ2) is 14.1. The average molecular weight is 732 g/mol. The summed E-state index contributed by atoms with van der Waals surface area (Å²) < 4.78 is 46.9. The van der Waals surface area contributed by atoms with Gasteiger partial charge in [-0.2, -0.15) is 10.2 Å². The Labute approximate surface area is 296 Å². The van der Waals surface area contributed by atoms with Gasteiger partial charge in [0.15, 0.2) is 23.0 Å². The van der Waals surface area contributed by atoms with Gasteiger partial charge in [-0.25, -0.2) is 22.5 Å². The zero-order chi connectivity index (χ0) is 36.6. The monoisotopic (exact) mass is 730 g/mol. The Balaban J connectivity index is 1.26. The summed E-state index contributed by atoms with van der Waals surface area (Å²) >= 11 is 11.7. The van der Waals surface area contributed by atoms with Crippen molar-refractivity contribution < 1.29 is 22.8 Å². The van der Waals surface area contributed by atoms with Crippen LogP contribution in [0.1, 0.15) is 32.4 Å². The molecule has 0 fully saturated rings. The third-order valence-electron chi connectivity index (χ3n) is 7.63. The van der Waals surface area contributed by atoms with E-state index in [0.717, 1.165) is 21.5 Å². The third kappa shape index (κ3) is 7.02. The first-order valence-corrected chi connectivity index (χ1v) is 15.7. The second-order valence-corrected chi connectivity index (χ2v) is 12.0. The topological polar surface area (TPSA) is 128 Å². The zero-order valence-corrected chi connectivity index (χ0v) is 28.0. The number of halogens is 5. The van der Waals surface area contributed by atoms with Gasteiger partial charge < -0.3 is 10.6 Å². The van der Waals surface area contributed by atoms with Gasteiger partial charge in [-0.3, -0.25) is 19.2 Å². The Morgan fingerprint density at radius 1 is 0.627 bits per heavy atom. The van der Waals surface area contributed by atoms with Crippen molar-refractivity contribution in [1.29, 1.82) is 0 Å². The lowest BCUT2D eigenvalue weighted by atomic mass is 10.0. The number of nitrogens with zero attached hydrogens (tertiary/aromatic N) is 4. The van der Waals surface area contributed by atoms with Crippen LogP contribution in [0.15, 0.2) is 101 Å². The van der Waals surface area contributed by atoms with Crippen molar-refractivity contribution in [3.63, 3.8) is 0 Å². The predicted molar refractivity (Wildman–Crippen MR) is 187 cm³/mol. The lowest BCUT2D eigenvalue weighted by Gasteiger charge is -2.14. The molecule has 0 aliphatic heterocycles. The number of aromatic nitrogens is 4. The molecule has 6 rings (SSSR count). The maximum atomic E-state index is 15.7. The van der Waals surface area contributed by atoms with E-state index in [4.69, 9.17) is 23.2 Å². The van der Waals surface area contributed by atoms with Crippen LogP contribution in [-0.4, -0.2) is 31.4 Å². The van der Waals surface area contributed by atoms with Gasteiger partial charge in [-0.1, -0.05) is 53.5 Å². The molecular formula is C36H23Cl2F3N6O4. The van der Waals surface area contributed by atoms with Crippen LogP contribution in [0.5, 0.6) is 0 Å². The van der Waals surface area contributed by atoms with Gasteiger partial charge in [0.25, 0.3) is 11.8 Å². The lowest BCUT2D eigenvalue weighted by molar-refractivity contribution is 0.101. The predicted octanol–water partition coefficient (Wildman–Crippen LogP) is 7.29. The van der Waals surface area contributed by atoms with E-state index < -0.39 is 51.5 Å². The fourth-order valence-electron chi connectivity index (χ4n) is 5.16. The maximum absolute atomic E-state index is 15.7. The number of benzene rings is 4. The van der Waals surface area contributed by atoms with Crippen molar-refractivity contribution in [2.75, 3.05) is 10.6 Å². The molecule has 0 radical (unpaired) electrons. The fourth-order valence-corrected chi connectivity index (χ4v) is 5.50. The van der Waals surface area contributed by atoms with Gasteiger partial charge in [-0.05, 0) is 73.5 Å². The van der Waals surface area contributed by atoms with Crippen molar-refractivity contribution in [2.24, 2.45) is 0 Å². The van der Waals surface area contributed by atoms with Crippen molar-refractivity contribution in [1.82, 2.24) is 19.6 Å². The number of anilines is 2. The first-order valence-electron chi connectivity index (χ1n) is 15.0. The highest BCUT2D eigenvalue weighted by Crippen LogP contribution is 2.27. The Bertz CT molecular complexity index is 2520. The van der Waals surface area contributed by atoms with Crippen molar-refractivity contribution in [3.05, 3.63) is 162 Å². The Morgan fingerprint density at radius 3 is 1.82 bits per heavy atom. The molecular weight excluding hydrogens is 708 g/mol. The molecule has 10 nitrogen and oxygen atoms in total. The van der Waals surface area contributed by atoms with Crippen LogP contribution in [0.4, 0.5) is 24.5 Å². The second-order valence-electron chi connectivity index (χ2n) is 11.2. The number of carbonyl (C=O) groups excluding carboxylic acids is 2. The number of nitrogens with one attached hydrogen (secondary N) is 2. The Hall–Kier alpha value is -6.05. The number of rotatable bonds is 7. The molecule has 0 aliphatic carbocycles. The normalized spacial score (nSPS) is 11.0. The molecule has 2 aromatic heterocycles. The SMILES string of the molecule is Cc1cc(=O)c(C(=O)Nc2cccc(Cl)c2F)nn1-c1ccc(-c2cccc(NC(=O)c3nn(-c4cccc(Cl)c4F)c(C)cc3=O)c2)cc1F. The molecule has 256 valence electrons. The molecule has 2 heterocycles. The van der Waals surface area contributed by atoms with E-state index in [0.29, 0.717) is 11.1 Å². The molecule has 4 aromatic carbocycles. The summed E-state index contributed by atoms with van der Waals surface area (Å²) in [6.45, 7) is 3.02. The molecule has 51 heavy (non-hydrogen) atoms. The van der Waals surface area contributed by atoms with E-state index in [2.05, 4.69) is 20.8 Å². The molecule has 0 unspecified atom stereocenters. The summed E-state index contributed by atoms with van der Waals surface area (Å²) in [7, 11) is 0. The molecule has 2 N–H and O–H groups in total. The number of carbonyl (C=O) groups is 2. The van der Waals surface area contributed by atoms with E-state index >= 15 is 4.39 Å². The molecule has 0 saturated carbocycles. The quantitative estimate of drug-likeness (QED) is 0.178. The largest absolute Gasteiger partial charge is 0.320 e. The van der Waals surface area contributed by atoms with Crippen LogP contribution in [0.3, 0.4) is 0 Å². The lowest BCUT2D eigenvalue weighted by Crippen LogP contribution is -2.27. The van der Waals surface area contributed by atoms with Gasteiger partial charge >= 0.3 is 0 Å². The molecule has 0 saturated heterocycles. The minimum Gasteiger partial charge on any atom is -0.320 e. The minimum atomic E-state index is -1.03. The van der Waals surface area contributed by atoms with Gasteiger partial charge in [0.2, 0.25) is 10.9 Å². The molecule has 0 spiro atoms. The number of aryl methyl sites for hydroxylation is 2. The van der Waals surface area contributed by atoms with Crippen LogP contribution in [0.2, 0.25) is 10.0 Å². The average Bonchev–Trinajstić information content (AvgIpc) is 3.08. The molecule has 15 heteroatoms. The van der Waals surface area contributed by atoms with Crippen molar-refractivity contribution in [3.8, 4) is 22.5 Å². The highest BCUT2D eigenvalue weighted by atomic mass is 35.5. The highest BCUT2D eigenvalue weighted by molar-refractivity contribution is 6.31. The number of hydrogen-bond donors (Lipinski definition) is 2.